The van der Waals surface area contributed by atoms with Crippen LogP contribution in [0.3, 0.4) is 0 Å². The van der Waals surface area contributed by atoms with Crippen molar-refractivity contribution in [2.75, 3.05) is 13.7 Å². The standard InChI is InChI=1S/C18H25NO6S/c1-6-24-15(20)10-13(12-7-8-26-11-12)9-14(16(21)23-5)19-17(22)25-18(2,3)4/h7-8,10-11,14H,6,9H2,1-5H3,(H,19,22)/b13-10+/t14-/m0/s1. The second-order valence-electron chi connectivity index (χ2n) is 6.36. The molecule has 1 aromatic heterocycles. The van der Waals surface area contributed by atoms with Gasteiger partial charge in [-0.2, -0.15) is 11.3 Å². The summed E-state index contributed by atoms with van der Waals surface area (Å²) in [5, 5.41) is 6.19. The molecule has 1 atom stereocenters. The maximum Gasteiger partial charge on any atom is 0.408 e. The van der Waals surface area contributed by atoms with Crippen LogP contribution in [-0.2, 0) is 23.8 Å². The summed E-state index contributed by atoms with van der Waals surface area (Å²) < 4.78 is 14.9. The fourth-order valence-corrected chi connectivity index (χ4v) is 2.72. The molecule has 0 aliphatic rings. The Bertz CT molecular complexity index is 645. The number of ether oxygens (including phenoxy) is 3. The van der Waals surface area contributed by atoms with Gasteiger partial charge in [0.15, 0.2) is 0 Å². The molecule has 8 heteroatoms. The van der Waals surface area contributed by atoms with Gasteiger partial charge in [-0.25, -0.2) is 14.4 Å². The van der Waals surface area contributed by atoms with Crippen LogP contribution in [0.25, 0.3) is 5.57 Å². The summed E-state index contributed by atoms with van der Waals surface area (Å²) in [4.78, 5) is 36.0. The molecule has 0 saturated carbocycles. The minimum atomic E-state index is -1.00. The van der Waals surface area contributed by atoms with Crippen LogP contribution >= 0.6 is 11.3 Å². The normalized spacial score (nSPS) is 12.9. The Hall–Kier alpha value is -2.35. The minimum Gasteiger partial charge on any atom is -0.467 e. The monoisotopic (exact) mass is 383 g/mol. The van der Waals surface area contributed by atoms with Crippen LogP contribution < -0.4 is 5.32 Å². The van der Waals surface area contributed by atoms with Crippen molar-refractivity contribution in [3.8, 4) is 0 Å². The number of esters is 2. The minimum absolute atomic E-state index is 0.0570. The van der Waals surface area contributed by atoms with Crippen LogP contribution in [-0.4, -0.2) is 43.4 Å². The fraction of sp³-hybridized carbons (Fsp3) is 0.500. The van der Waals surface area contributed by atoms with Crippen molar-refractivity contribution in [3.63, 3.8) is 0 Å². The van der Waals surface area contributed by atoms with E-state index >= 15 is 0 Å². The number of rotatable bonds is 7. The van der Waals surface area contributed by atoms with Crippen LogP contribution in [0.5, 0.6) is 0 Å². The van der Waals surface area contributed by atoms with E-state index in [1.807, 2.05) is 16.8 Å². The first kappa shape index (κ1) is 21.7. The molecule has 1 aromatic rings. The molecule has 1 amide bonds. The third kappa shape index (κ3) is 7.69. The number of nitrogens with one attached hydrogen (secondary N) is 1. The predicted octanol–water partition coefficient (Wildman–Crippen LogP) is 3.15. The molecular formula is C18H25NO6S. The first-order chi connectivity index (χ1) is 12.2. The van der Waals surface area contributed by atoms with Gasteiger partial charge >= 0.3 is 18.0 Å². The summed E-state index contributed by atoms with van der Waals surface area (Å²) in [5.41, 5.74) is 0.612. The largest absolute Gasteiger partial charge is 0.467 e. The molecule has 7 nitrogen and oxygen atoms in total. The number of hydrogen-bond acceptors (Lipinski definition) is 7. The molecule has 0 aromatic carbocycles. The Balaban J connectivity index is 3.02. The highest BCUT2D eigenvalue weighted by molar-refractivity contribution is 7.08. The van der Waals surface area contributed by atoms with Crippen molar-refractivity contribution >= 4 is 34.9 Å². The topological polar surface area (TPSA) is 90.9 Å². The third-order valence-corrected chi connectivity index (χ3v) is 3.75. The van der Waals surface area contributed by atoms with Crippen molar-refractivity contribution in [1.82, 2.24) is 5.32 Å². The number of alkyl carbamates (subject to hydrolysis) is 1. The Morgan fingerprint density at radius 3 is 2.50 bits per heavy atom. The van der Waals surface area contributed by atoms with Crippen molar-refractivity contribution < 1.29 is 28.6 Å². The van der Waals surface area contributed by atoms with E-state index in [0.29, 0.717) is 5.57 Å². The number of carbonyl (C=O) groups is 3. The number of thiophene rings is 1. The third-order valence-electron chi connectivity index (χ3n) is 3.07. The molecule has 0 fully saturated rings. The number of amides is 1. The fourth-order valence-electron chi connectivity index (χ4n) is 2.04. The highest BCUT2D eigenvalue weighted by Gasteiger charge is 2.26. The zero-order valence-electron chi connectivity index (χ0n) is 15.7. The Morgan fingerprint density at radius 2 is 2.00 bits per heavy atom. The first-order valence-electron chi connectivity index (χ1n) is 8.13. The summed E-state index contributed by atoms with van der Waals surface area (Å²) in [5.74, 6) is -1.16. The molecule has 26 heavy (non-hydrogen) atoms. The molecule has 144 valence electrons. The Labute approximate surface area is 157 Å². The molecule has 0 saturated heterocycles. The van der Waals surface area contributed by atoms with Gasteiger partial charge in [0.25, 0.3) is 0 Å². The first-order valence-corrected chi connectivity index (χ1v) is 9.07. The average molecular weight is 383 g/mol. The van der Waals surface area contributed by atoms with E-state index < -0.39 is 29.7 Å². The van der Waals surface area contributed by atoms with Crippen molar-refractivity contribution in [2.24, 2.45) is 0 Å². The van der Waals surface area contributed by atoms with Gasteiger partial charge in [0, 0.05) is 12.5 Å². The van der Waals surface area contributed by atoms with Gasteiger partial charge in [-0.15, -0.1) is 0 Å². The zero-order valence-corrected chi connectivity index (χ0v) is 16.5. The van der Waals surface area contributed by atoms with Crippen molar-refractivity contribution in [1.29, 1.82) is 0 Å². The molecule has 1 N–H and O–H groups in total. The van der Waals surface area contributed by atoms with E-state index in [0.717, 1.165) is 5.56 Å². The summed E-state index contributed by atoms with van der Waals surface area (Å²) in [6.07, 6.45) is 0.633. The lowest BCUT2D eigenvalue weighted by molar-refractivity contribution is -0.143. The van der Waals surface area contributed by atoms with Gasteiger partial charge < -0.3 is 19.5 Å². The van der Waals surface area contributed by atoms with Gasteiger partial charge in [0.1, 0.15) is 11.6 Å². The second kappa shape index (κ2) is 9.96. The molecule has 0 bridgehead atoms. The van der Waals surface area contributed by atoms with E-state index in [9.17, 15) is 14.4 Å². The van der Waals surface area contributed by atoms with E-state index in [1.165, 1.54) is 24.5 Å². The van der Waals surface area contributed by atoms with Crippen LogP contribution in [0.1, 0.15) is 39.7 Å². The number of carbonyl (C=O) groups excluding carboxylic acids is 3. The number of methoxy groups -OCH3 is 1. The lowest BCUT2D eigenvalue weighted by atomic mass is 10.0. The van der Waals surface area contributed by atoms with Crippen molar-refractivity contribution in [3.05, 3.63) is 28.5 Å². The maximum absolute atomic E-state index is 12.1. The molecule has 1 rings (SSSR count). The molecular weight excluding hydrogens is 358 g/mol. The van der Waals surface area contributed by atoms with E-state index in [4.69, 9.17) is 14.2 Å². The smallest absolute Gasteiger partial charge is 0.408 e. The van der Waals surface area contributed by atoms with Gasteiger partial charge in [0.05, 0.1) is 13.7 Å². The van der Waals surface area contributed by atoms with E-state index in [1.54, 1.807) is 27.7 Å². The summed E-state index contributed by atoms with van der Waals surface area (Å²) in [6.45, 7) is 7.10. The van der Waals surface area contributed by atoms with Gasteiger partial charge in [0.2, 0.25) is 0 Å². The summed E-state index contributed by atoms with van der Waals surface area (Å²) in [6, 6.07) is 0.813. The lowest BCUT2D eigenvalue weighted by Crippen LogP contribution is -2.44. The second-order valence-corrected chi connectivity index (χ2v) is 7.14. The molecule has 0 aliphatic carbocycles. The summed E-state index contributed by atoms with van der Waals surface area (Å²) >= 11 is 1.45. The predicted molar refractivity (Wildman–Crippen MR) is 98.7 cm³/mol. The summed E-state index contributed by atoms with van der Waals surface area (Å²) in [7, 11) is 1.23. The molecule has 0 unspecified atom stereocenters. The van der Waals surface area contributed by atoms with E-state index in [2.05, 4.69) is 5.32 Å². The molecule has 0 spiro atoms. The van der Waals surface area contributed by atoms with E-state index in [-0.39, 0.29) is 13.0 Å². The number of hydrogen-bond donors (Lipinski definition) is 1. The van der Waals surface area contributed by atoms with Gasteiger partial charge in [-0.3, -0.25) is 0 Å². The molecule has 0 radical (unpaired) electrons. The highest BCUT2D eigenvalue weighted by atomic mass is 32.1. The molecule has 0 aliphatic heterocycles. The van der Waals surface area contributed by atoms with Crippen LogP contribution in [0.15, 0.2) is 22.9 Å². The average Bonchev–Trinajstić information content (AvgIpc) is 3.05. The maximum atomic E-state index is 12.1. The van der Waals surface area contributed by atoms with Gasteiger partial charge in [-0.05, 0) is 55.7 Å². The highest BCUT2D eigenvalue weighted by Crippen LogP contribution is 2.23. The van der Waals surface area contributed by atoms with Gasteiger partial charge in [-0.1, -0.05) is 0 Å². The lowest BCUT2D eigenvalue weighted by Gasteiger charge is -2.23. The van der Waals surface area contributed by atoms with Crippen LogP contribution in [0.2, 0.25) is 0 Å². The Kier molecular flexibility index (Phi) is 8.31. The Morgan fingerprint density at radius 1 is 1.31 bits per heavy atom. The van der Waals surface area contributed by atoms with Crippen LogP contribution in [0.4, 0.5) is 4.79 Å². The van der Waals surface area contributed by atoms with Crippen LogP contribution in [0, 0.1) is 0 Å². The molecule has 1 heterocycles. The quantitative estimate of drug-likeness (QED) is 0.442. The van der Waals surface area contributed by atoms with Crippen molar-refractivity contribution in [2.45, 2.75) is 45.8 Å². The SMILES string of the molecule is CCOC(=O)/C=C(\C[C@H](NC(=O)OC(C)(C)C)C(=O)OC)c1ccsc1. The zero-order chi connectivity index (χ0) is 19.7.